The van der Waals surface area contributed by atoms with E-state index in [0.29, 0.717) is 5.92 Å². The lowest BCUT2D eigenvalue weighted by molar-refractivity contribution is 0.289. The molecular formula is C24H35N. The third kappa shape index (κ3) is 7.91. The van der Waals surface area contributed by atoms with Gasteiger partial charge in [0, 0.05) is 6.08 Å². The number of allylic oxidation sites excluding steroid dienone is 2. The SMILES string of the molecule is CCCCCc1ccc(CCCCC2CCC(C=CC#N)CC2)cc1. The quantitative estimate of drug-likeness (QED) is 0.332. The van der Waals surface area contributed by atoms with Crippen molar-refractivity contribution >= 4 is 0 Å². The van der Waals surface area contributed by atoms with Gasteiger partial charge in [-0.05, 0) is 74.3 Å². The molecule has 0 saturated heterocycles. The first-order valence-electron chi connectivity index (χ1n) is 10.5. The lowest BCUT2D eigenvalue weighted by Crippen LogP contribution is -2.13. The summed E-state index contributed by atoms with van der Waals surface area (Å²) in [4.78, 5) is 0. The standard InChI is InChI=1S/C24H35N/c1-2-3-4-8-21-12-14-22(15-13-21)9-5-6-10-23-16-18-24(19-17-23)11-7-20-25/h7,11-15,23-24H,2-6,8-10,16-19H2,1H3. The smallest absolute Gasteiger partial charge is 0.0908 e. The van der Waals surface area contributed by atoms with E-state index in [9.17, 15) is 0 Å². The molecule has 1 aromatic rings. The minimum absolute atomic E-state index is 0.659. The van der Waals surface area contributed by atoms with Crippen LogP contribution in [0.4, 0.5) is 0 Å². The molecule has 0 unspecified atom stereocenters. The van der Waals surface area contributed by atoms with Gasteiger partial charge < -0.3 is 0 Å². The lowest BCUT2D eigenvalue weighted by Gasteiger charge is -2.26. The second-order valence-electron chi connectivity index (χ2n) is 7.79. The highest BCUT2D eigenvalue weighted by Crippen LogP contribution is 2.32. The molecular weight excluding hydrogens is 302 g/mol. The highest BCUT2D eigenvalue weighted by atomic mass is 14.3. The van der Waals surface area contributed by atoms with Gasteiger partial charge >= 0.3 is 0 Å². The summed E-state index contributed by atoms with van der Waals surface area (Å²) < 4.78 is 0. The molecule has 0 radical (unpaired) electrons. The first-order chi connectivity index (χ1) is 12.3. The Balaban J connectivity index is 1.57. The van der Waals surface area contributed by atoms with Crippen LogP contribution in [0.5, 0.6) is 0 Å². The largest absolute Gasteiger partial charge is 0.193 e. The molecule has 2 rings (SSSR count). The minimum atomic E-state index is 0.659. The molecule has 0 heterocycles. The monoisotopic (exact) mass is 337 g/mol. The van der Waals surface area contributed by atoms with Crippen LogP contribution >= 0.6 is 0 Å². The first kappa shape index (κ1) is 19.8. The second-order valence-corrected chi connectivity index (χ2v) is 7.79. The highest BCUT2D eigenvalue weighted by molar-refractivity contribution is 5.22. The van der Waals surface area contributed by atoms with Gasteiger partial charge in [-0.3, -0.25) is 0 Å². The van der Waals surface area contributed by atoms with Gasteiger partial charge in [-0.15, -0.1) is 0 Å². The Bertz CT molecular complexity index is 526. The van der Waals surface area contributed by atoms with Crippen LogP contribution in [0.1, 0.15) is 82.3 Å². The summed E-state index contributed by atoms with van der Waals surface area (Å²) in [5.41, 5.74) is 3.00. The Kier molecular flexibility index (Phi) is 9.42. The molecule has 0 bridgehead atoms. The van der Waals surface area contributed by atoms with Crippen LogP contribution in [-0.4, -0.2) is 0 Å². The molecule has 1 aliphatic rings. The number of hydrogen-bond acceptors (Lipinski definition) is 1. The van der Waals surface area contributed by atoms with Gasteiger partial charge in [0.1, 0.15) is 0 Å². The summed E-state index contributed by atoms with van der Waals surface area (Å²) in [6.07, 6.45) is 19.6. The summed E-state index contributed by atoms with van der Waals surface area (Å²) in [7, 11) is 0. The maximum atomic E-state index is 8.61. The zero-order chi connectivity index (χ0) is 17.7. The molecule has 136 valence electrons. The van der Waals surface area contributed by atoms with E-state index in [0.717, 1.165) is 5.92 Å². The van der Waals surface area contributed by atoms with Crippen molar-refractivity contribution < 1.29 is 0 Å². The summed E-state index contributed by atoms with van der Waals surface area (Å²) in [6, 6.07) is 11.5. The zero-order valence-electron chi connectivity index (χ0n) is 16.1. The zero-order valence-corrected chi connectivity index (χ0v) is 16.1. The van der Waals surface area contributed by atoms with Crippen molar-refractivity contribution in [1.82, 2.24) is 0 Å². The third-order valence-electron chi connectivity index (χ3n) is 5.75. The third-order valence-corrected chi connectivity index (χ3v) is 5.75. The van der Waals surface area contributed by atoms with Gasteiger partial charge in [0.25, 0.3) is 0 Å². The van der Waals surface area contributed by atoms with Crippen molar-refractivity contribution in [3.63, 3.8) is 0 Å². The molecule has 0 aliphatic heterocycles. The van der Waals surface area contributed by atoms with Crippen molar-refractivity contribution in [1.29, 1.82) is 5.26 Å². The number of aryl methyl sites for hydroxylation is 2. The molecule has 25 heavy (non-hydrogen) atoms. The summed E-state index contributed by atoms with van der Waals surface area (Å²) in [6.45, 7) is 2.26. The lowest BCUT2D eigenvalue weighted by atomic mass is 9.79. The van der Waals surface area contributed by atoms with Gasteiger partial charge in [-0.2, -0.15) is 5.26 Å². The summed E-state index contributed by atoms with van der Waals surface area (Å²) in [5, 5.41) is 8.61. The van der Waals surface area contributed by atoms with Crippen molar-refractivity contribution in [3.05, 3.63) is 47.5 Å². The normalized spacial score (nSPS) is 20.6. The molecule has 1 saturated carbocycles. The number of nitriles is 1. The molecule has 0 amide bonds. The van der Waals surface area contributed by atoms with Gasteiger partial charge in [0.05, 0.1) is 6.07 Å². The minimum Gasteiger partial charge on any atom is -0.193 e. The van der Waals surface area contributed by atoms with E-state index >= 15 is 0 Å². The topological polar surface area (TPSA) is 23.8 Å². The molecule has 1 aromatic carbocycles. The van der Waals surface area contributed by atoms with E-state index in [1.807, 2.05) is 0 Å². The Morgan fingerprint density at radius 2 is 1.52 bits per heavy atom. The Morgan fingerprint density at radius 3 is 2.08 bits per heavy atom. The molecule has 0 N–H and O–H groups in total. The first-order valence-corrected chi connectivity index (χ1v) is 10.5. The average molecular weight is 338 g/mol. The molecule has 0 aromatic heterocycles. The van der Waals surface area contributed by atoms with Crippen LogP contribution in [0.15, 0.2) is 36.4 Å². The number of hydrogen-bond donors (Lipinski definition) is 0. The predicted octanol–water partition coefficient (Wildman–Crippen LogP) is 7.02. The number of nitrogens with zero attached hydrogens (tertiary/aromatic N) is 1. The Morgan fingerprint density at radius 1 is 0.920 bits per heavy atom. The number of unbranched alkanes of at least 4 members (excludes halogenated alkanes) is 3. The Hall–Kier alpha value is -1.55. The van der Waals surface area contributed by atoms with Crippen LogP contribution < -0.4 is 0 Å². The fraction of sp³-hybridized carbons (Fsp3) is 0.625. The van der Waals surface area contributed by atoms with E-state index in [4.69, 9.17) is 5.26 Å². The highest BCUT2D eigenvalue weighted by Gasteiger charge is 2.18. The van der Waals surface area contributed by atoms with Crippen LogP contribution in [0, 0.1) is 23.2 Å². The predicted molar refractivity (Wildman–Crippen MR) is 107 cm³/mol. The van der Waals surface area contributed by atoms with Crippen LogP contribution in [0.25, 0.3) is 0 Å². The molecule has 1 fully saturated rings. The van der Waals surface area contributed by atoms with E-state index in [-0.39, 0.29) is 0 Å². The van der Waals surface area contributed by atoms with Gasteiger partial charge in [0.2, 0.25) is 0 Å². The van der Waals surface area contributed by atoms with E-state index in [2.05, 4.69) is 43.3 Å². The Labute approximate surface area is 155 Å². The van der Waals surface area contributed by atoms with Crippen molar-refractivity contribution in [2.24, 2.45) is 11.8 Å². The molecule has 0 spiro atoms. The molecule has 1 nitrogen and oxygen atoms in total. The maximum Gasteiger partial charge on any atom is 0.0908 e. The van der Waals surface area contributed by atoms with Crippen molar-refractivity contribution in [3.8, 4) is 6.07 Å². The number of rotatable bonds is 10. The summed E-state index contributed by atoms with van der Waals surface area (Å²) in [5.74, 6) is 1.58. The molecule has 0 atom stereocenters. The van der Waals surface area contributed by atoms with Gasteiger partial charge in [-0.1, -0.05) is 62.9 Å². The van der Waals surface area contributed by atoms with Gasteiger partial charge in [-0.25, -0.2) is 0 Å². The van der Waals surface area contributed by atoms with Crippen LogP contribution in [-0.2, 0) is 12.8 Å². The summed E-state index contributed by atoms with van der Waals surface area (Å²) >= 11 is 0. The van der Waals surface area contributed by atoms with Gasteiger partial charge in [0.15, 0.2) is 0 Å². The van der Waals surface area contributed by atoms with E-state index < -0.39 is 0 Å². The van der Waals surface area contributed by atoms with Crippen molar-refractivity contribution in [2.45, 2.75) is 84.0 Å². The molecule has 1 aliphatic carbocycles. The van der Waals surface area contributed by atoms with Crippen LogP contribution in [0.3, 0.4) is 0 Å². The van der Waals surface area contributed by atoms with E-state index in [1.54, 1.807) is 6.08 Å². The van der Waals surface area contributed by atoms with Crippen LogP contribution in [0.2, 0.25) is 0 Å². The second kappa shape index (κ2) is 11.9. The average Bonchev–Trinajstić information content (AvgIpc) is 2.66. The fourth-order valence-electron chi connectivity index (χ4n) is 4.06. The fourth-order valence-corrected chi connectivity index (χ4v) is 4.06. The maximum absolute atomic E-state index is 8.61. The van der Waals surface area contributed by atoms with E-state index in [1.165, 1.54) is 88.2 Å². The van der Waals surface area contributed by atoms with Crippen molar-refractivity contribution in [2.75, 3.05) is 0 Å². The number of benzene rings is 1. The molecule has 1 heteroatoms.